The van der Waals surface area contributed by atoms with Crippen LogP contribution in [0.4, 0.5) is 21.8 Å². The van der Waals surface area contributed by atoms with Gasteiger partial charge in [0, 0.05) is 27.9 Å². The van der Waals surface area contributed by atoms with Gasteiger partial charge >= 0.3 is 13.3 Å². The zero-order valence-electron chi connectivity index (χ0n) is 12.8. The third kappa shape index (κ3) is 2.59. The van der Waals surface area contributed by atoms with Crippen LogP contribution in [0.25, 0.3) is 5.57 Å². The minimum Gasteiger partial charge on any atom is -0.405 e. The van der Waals surface area contributed by atoms with Gasteiger partial charge in [0.05, 0.1) is 5.57 Å². The second-order valence-corrected chi connectivity index (χ2v) is 6.67. The summed E-state index contributed by atoms with van der Waals surface area (Å²) in [6.07, 6.45) is 0.382. The molecule has 0 spiro atoms. The molecule has 1 aromatic carbocycles. The molecule has 0 aliphatic carbocycles. The van der Waals surface area contributed by atoms with Crippen molar-refractivity contribution in [2.75, 3.05) is 0 Å². The second kappa shape index (κ2) is 5.57. The molecule has 0 unspecified atom stereocenters. The number of halogens is 6. The Hall–Kier alpha value is -2.36. The molecule has 0 atom stereocenters. The molecule has 0 N–H and O–H groups in total. The van der Waals surface area contributed by atoms with Crippen LogP contribution in [0.1, 0.15) is 11.3 Å². The maximum atomic E-state index is 14.7. The van der Waals surface area contributed by atoms with Crippen LogP contribution in [0.5, 0.6) is 5.75 Å². The summed E-state index contributed by atoms with van der Waals surface area (Å²) in [5, 5.41) is 0. The third-order valence-electron chi connectivity index (χ3n) is 4.18. The zero-order valence-corrected chi connectivity index (χ0v) is 14.4. The summed E-state index contributed by atoms with van der Waals surface area (Å²) in [7, 11) is 0. The molecule has 2 aliphatic rings. The van der Waals surface area contributed by atoms with Crippen molar-refractivity contribution in [2.24, 2.45) is 0 Å². The lowest BCUT2D eigenvalue weighted by Gasteiger charge is -2.31. The average molecular weight is 431 g/mol. The minimum atomic E-state index is -4.91. The Morgan fingerprint density at radius 2 is 1.92 bits per heavy atom. The van der Waals surface area contributed by atoms with Crippen molar-refractivity contribution >= 4 is 34.7 Å². The van der Waals surface area contributed by atoms with Crippen LogP contribution >= 0.6 is 15.9 Å². The van der Waals surface area contributed by atoms with E-state index in [0.717, 1.165) is 15.0 Å². The van der Waals surface area contributed by atoms with E-state index < -0.39 is 19.1 Å². The van der Waals surface area contributed by atoms with Crippen LogP contribution in [0.2, 0.25) is 0 Å². The maximum absolute atomic E-state index is 14.7. The molecule has 0 saturated heterocycles. The third-order valence-corrected chi connectivity index (χ3v) is 4.67. The molecule has 0 fully saturated rings. The lowest BCUT2D eigenvalue weighted by Crippen LogP contribution is -2.49. The molecule has 0 radical (unpaired) electrons. The fourth-order valence-corrected chi connectivity index (χ4v) is 3.55. The van der Waals surface area contributed by atoms with E-state index in [1.54, 1.807) is 0 Å². The van der Waals surface area contributed by atoms with Crippen LogP contribution in [-0.2, 0) is 0 Å². The van der Waals surface area contributed by atoms with Gasteiger partial charge in [0.2, 0.25) is 0 Å². The number of allylic oxidation sites excluding steroid dienone is 2. The number of ether oxygens (including phenoxy) is 1. The monoisotopic (exact) mass is 430 g/mol. The molecule has 0 bridgehead atoms. The molecule has 0 amide bonds. The van der Waals surface area contributed by atoms with E-state index in [-0.39, 0.29) is 22.5 Å². The van der Waals surface area contributed by atoms with E-state index in [1.165, 1.54) is 48.8 Å². The van der Waals surface area contributed by atoms with Gasteiger partial charge in [-0.1, -0.05) is 15.9 Å². The first kappa shape index (κ1) is 17.1. The average Bonchev–Trinajstić information content (AvgIpc) is 3.18. The number of benzene rings is 1. The van der Waals surface area contributed by atoms with E-state index in [4.69, 9.17) is 0 Å². The molecule has 26 heavy (non-hydrogen) atoms. The van der Waals surface area contributed by atoms with Crippen LogP contribution in [0.3, 0.4) is 0 Å². The molecular formula is C16H9BBrF5N2O. The minimum absolute atomic E-state index is 0.0664. The van der Waals surface area contributed by atoms with Gasteiger partial charge in [-0.05, 0) is 36.5 Å². The van der Waals surface area contributed by atoms with Gasteiger partial charge in [0.25, 0.3) is 0 Å². The number of hydrogen-bond acceptors (Lipinski definition) is 1. The van der Waals surface area contributed by atoms with Crippen LogP contribution in [-0.4, -0.2) is 28.5 Å². The Morgan fingerprint density at radius 3 is 2.65 bits per heavy atom. The standard InChI is InChI=1S/C16H9BBrF5N2O/c18-10-5-6-11(14(9-10)26-16(19,20)21)15-12-3-1-7-24(12)17(22,23)25-8-2-4-13(15)25/h1-9H. The van der Waals surface area contributed by atoms with Crippen LogP contribution in [0.15, 0.2) is 58.9 Å². The second-order valence-electron chi connectivity index (χ2n) is 5.75. The highest BCUT2D eigenvalue weighted by Gasteiger charge is 2.51. The first-order chi connectivity index (χ1) is 12.2. The molecule has 3 nitrogen and oxygen atoms in total. The number of hydrogen-bond donors (Lipinski definition) is 0. The predicted molar refractivity (Wildman–Crippen MR) is 90.1 cm³/mol. The van der Waals surface area contributed by atoms with Crippen molar-refractivity contribution in [3.8, 4) is 5.75 Å². The van der Waals surface area contributed by atoms with Crippen LogP contribution < -0.4 is 4.74 Å². The normalized spacial score (nSPS) is 17.8. The van der Waals surface area contributed by atoms with E-state index in [1.807, 2.05) is 0 Å². The summed E-state index contributed by atoms with van der Waals surface area (Å²) in [5.41, 5.74) is 0.544. The SMILES string of the molecule is F[B-]1(F)n2cccc2C(c2ccc(Br)cc2OC(F)(F)F)=C2C=CC=[N+]21. The zero-order chi connectivity index (χ0) is 18.7. The Kier molecular flexibility index (Phi) is 3.66. The Bertz CT molecular complexity index is 1010. The quantitative estimate of drug-likeness (QED) is 0.494. The van der Waals surface area contributed by atoms with Gasteiger partial charge < -0.3 is 22.3 Å². The van der Waals surface area contributed by atoms with Gasteiger partial charge in [0.1, 0.15) is 12.0 Å². The van der Waals surface area contributed by atoms with E-state index in [9.17, 15) is 21.8 Å². The molecule has 2 aromatic rings. The molecule has 4 rings (SSSR count). The van der Waals surface area contributed by atoms with E-state index >= 15 is 0 Å². The van der Waals surface area contributed by atoms with Gasteiger partial charge in [-0.25, -0.2) is 0 Å². The smallest absolute Gasteiger partial charge is 0.405 e. The summed E-state index contributed by atoms with van der Waals surface area (Å²) >= 11 is 3.11. The van der Waals surface area contributed by atoms with Crippen molar-refractivity contribution in [1.82, 2.24) is 4.48 Å². The van der Waals surface area contributed by atoms with Crippen molar-refractivity contribution in [3.63, 3.8) is 0 Å². The molecule has 0 saturated carbocycles. The Morgan fingerprint density at radius 1 is 1.15 bits per heavy atom. The largest absolute Gasteiger partial charge is 0.737 e. The fourth-order valence-electron chi connectivity index (χ4n) is 3.21. The van der Waals surface area contributed by atoms with Gasteiger partial charge in [-0.15, -0.1) is 13.2 Å². The molecule has 2 aliphatic heterocycles. The van der Waals surface area contributed by atoms with E-state index in [2.05, 4.69) is 20.7 Å². The number of alkyl halides is 3. The van der Waals surface area contributed by atoms with Crippen molar-refractivity contribution in [1.29, 1.82) is 0 Å². The first-order valence-electron chi connectivity index (χ1n) is 7.48. The molecule has 134 valence electrons. The number of rotatable bonds is 2. The summed E-state index contributed by atoms with van der Waals surface area (Å²) in [5.74, 6) is -0.472. The fraction of sp³-hybridized carbons (Fsp3) is 0.0625. The summed E-state index contributed by atoms with van der Waals surface area (Å²) in [4.78, 5) is 0. The topological polar surface area (TPSA) is 17.2 Å². The number of fused-ring (bicyclic) bond motifs is 2. The summed E-state index contributed by atoms with van der Waals surface area (Å²) in [6, 6.07) is 6.98. The number of aromatic nitrogens is 1. The first-order valence-corrected chi connectivity index (χ1v) is 8.27. The molecular weight excluding hydrogens is 422 g/mol. The Balaban J connectivity index is 2.00. The van der Waals surface area contributed by atoms with Crippen molar-refractivity contribution < 1.29 is 31.0 Å². The Labute approximate surface area is 152 Å². The molecule has 10 heteroatoms. The summed E-state index contributed by atoms with van der Waals surface area (Å²) in [6.45, 7) is -4.12. The predicted octanol–water partition coefficient (Wildman–Crippen LogP) is 4.80. The maximum Gasteiger partial charge on any atom is 0.737 e. The summed E-state index contributed by atoms with van der Waals surface area (Å²) < 4.78 is 74.1. The van der Waals surface area contributed by atoms with Crippen molar-refractivity contribution in [3.05, 3.63) is 70.1 Å². The lowest BCUT2D eigenvalue weighted by molar-refractivity contribution is -0.356. The molecule has 3 heterocycles. The highest BCUT2D eigenvalue weighted by atomic mass is 79.9. The van der Waals surface area contributed by atoms with Gasteiger partial charge in [0.15, 0.2) is 5.70 Å². The highest BCUT2D eigenvalue weighted by Crippen LogP contribution is 2.43. The highest BCUT2D eigenvalue weighted by molar-refractivity contribution is 9.10. The van der Waals surface area contributed by atoms with Crippen molar-refractivity contribution in [2.45, 2.75) is 6.36 Å². The van der Waals surface area contributed by atoms with Gasteiger partial charge in [-0.2, -0.15) is 0 Å². The van der Waals surface area contributed by atoms with E-state index in [0.29, 0.717) is 4.47 Å². The van der Waals surface area contributed by atoms with Crippen LogP contribution in [0, 0.1) is 0 Å². The number of nitrogens with zero attached hydrogens (tertiary/aromatic N) is 2. The lowest BCUT2D eigenvalue weighted by atomic mass is 9.86. The molecule has 1 aromatic heterocycles. The van der Waals surface area contributed by atoms with Gasteiger partial charge in [-0.3, -0.25) is 0 Å².